The Labute approximate surface area is 417 Å². The molecule has 340 valence electrons. The van der Waals surface area contributed by atoms with Gasteiger partial charge in [0.1, 0.15) is 0 Å². The van der Waals surface area contributed by atoms with Crippen molar-refractivity contribution in [1.29, 1.82) is 0 Å². The number of pyridine rings is 3. The Hall–Kier alpha value is -9.03. The third-order valence-corrected chi connectivity index (χ3v) is 13.2. The molecule has 3 heterocycles. The third-order valence-electron chi connectivity index (χ3n) is 13.2. The first-order valence-corrected chi connectivity index (χ1v) is 24.2. The van der Waals surface area contributed by atoms with Crippen LogP contribution in [0.15, 0.2) is 219 Å². The summed E-state index contributed by atoms with van der Waals surface area (Å²) in [7, 11) is 0. The molecule has 0 unspecified atom stereocenters. The topological polar surface area (TPSA) is 47.4 Å². The first-order chi connectivity index (χ1) is 34.9. The van der Waals surface area contributed by atoms with Crippen LogP contribution in [0.3, 0.4) is 0 Å². The highest BCUT2D eigenvalue weighted by atomic mass is 14.7. The zero-order chi connectivity index (χ0) is 48.5. The Morgan fingerprint density at radius 3 is 1.39 bits per heavy atom. The lowest BCUT2D eigenvalue weighted by molar-refractivity contribution is 0.867. The van der Waals surface area contributed by atoms with E-state index in [2.05, 4.69) is 181 Å². The molecule has 7 aromatic carbocycles. The van der Waals surface area contributed by atoms with Crippen LogP contribution in [0.25, 0.3) is 88.0 Å². The minimum absolute atomic E-state index is 0.404. The molecular formula is C66H51N5. The Bertz CT molecular complexity index is 3440. The number of hydrogen-bond acceptors (Lipinski definition) is 3. The van der Waals surface area contributed by atoms with Gasteiger partial charge in [0.05, 0.1) is 30.2 Å². The average Bonchev–Trinajstić information content (AvgIpc) is 3.44. The lowest BCUT2D eigenvalue weighted by atomic mass is 9.87. The molecule has 0 radical (unpaired) electrons. The normalized spacial score (nSPS) is 11.0. The predicted octanol–water partition coefficient (Wildman–Crippen LogP) is 17.3. The van der Waals surface area contributed by atoms with Crippen LogP contribution in [-0.2, 0) is 25.7 Å². The van der Waals surface area contributed by atoms with Crippen molar-refractivity contribution in [3.8, 4) is 78.3 Å². The number of nitrogens with zero attached hydrogens (tertiary/aromatic N) is 5. The summed E-state index contributed by atoms with van der Waals surface area (Å²) in [6.45, 7) is 19.4. The van der Waals surface area contributed by atoms with Crippen LogP contribution in [-0.4, -0.2) is 15.0 Å². The monoisotopic (exact) mass is 913 g/mol. The molecule has 0 spiro atoms. The van der Waals surface area contributed by atoms with Gasteiger partial charge in [-0.3, -0.25) is 15.0 Å². The second-order valence-corrected chi connectivity index (χ2v) is 18.4. The van der Waals surface area contributed by atoms with Gasteiger partial charge in [-0.25, -0.2) is 9.69 Å². The van der Waals surface area contributed by atoms with Crippen LogP contribution in [0.5, 0.6) is 0 Å². The summed E-state index contributed by atoms with van der Waals surface area (Å²) in [4.78, 5) is 22.1. The van der Waals surface area contributed by atoms with E-state index in [0.29, 0.717) is 17.3 Å². The molecule has 5 heteroatoms. The van der Waals surface area contributed by atoms with Crippen LogP contribution in [0.4, 0.5) is 11.4 Å². The minimum Gasteiger partial charge on any atom is -0.256 e. The standard InChI is InChI=1S/C66H51N5/c1-45(2)53-15-10-16-54(38-53)66-41-62(52-31-29-51(30-32-52)50-13-6-5-7-14-50)63(44-71-66)61-22-9-8-21-60(61)57-36-48(25-23-46-27-33-64(69-42-46)55-17-11-19-58(39-55)67-3)35-49(37-57)26-24-47-28-34-65(70-43-47)56-18-12-20-59(40-56)68-4/h5-22,27-45H,23-26H2,1-2H3. The predicted molar refractivity (Wildman–Crippen MR) is 292 cm³/mol. The molecule has 0 saturated carbocycles. The first-order valence-electron chi connectivity index (χ1n) is 24.2. The molecule has 0 N–H and O–H groups in total. The number of hydrogen-bond donors (Lipinski definition) is 0. The van der Waals surface area contributed by atoms with Crippen LogP contribution < -0.4 is 0 Å². The fraction of sp³-hybridized carbons (Fsp3) is 0.106. The molecule has 0 aliphatic heterocycles. The van der Waals surface area contributed by atoms with Gasteiger partial charge in [0.25, 0.3) is 0 Å². The summed E-state index contributed by atoms with van der Waals surface area (Å²) in [5.74, 6) is 0.404. The van der Waals surface area contributed by atoms with E-state index >= 15 is 0 Å². The zero-order valence-corrected chi connectivity index (χ0v) is 39.9. The summed E-state index contributed by atoms with van der Waals surface area (Å²) in [6.07, 6.45) is 9.34. The van der Waals surface area contributed by atoms with Gasteiger partial charge in [-0.2, -0.15) is 0 Å². The van der Waals surface area contributed by atoms with Gasteiger partial charge in [-0.1, -0.05) is 178 Å². The van der Waals surface area contributed by atoms with Crippen molar-refractivity contribution >= 4 is 11.4 Å². The largest absolute Gasteiger partial charge is 0.256 e. The summed E-state index contributed by atoms with van der Waals surface area (Å²) >= 11 is 0. The Morgan fingerprint density at radius 2 is 0.831 bits per heavy atom. The number of rotatable bonds is 14. The summed E-state index contributed by atoms with van der Waals surface area (Å²) in [6, 6.07) is 70.1. The van der Waals surface area contributed by atoms with E-state index in [0.717, 1.165) is 104 Å². The average molecular weight is 914 g/mol. The van der Waals surface area contributed by atoms with E-state index in [1.165, 1.54) is 27.8 Å². The van der Waals surface area contributed by atoms with Gasteiger partial charge in [0.15, 0.2) is 11.4 Å². The smallest absolute Gasteiger partial charge is 0.187 e. The van der Waals surface area contributed by atoms with Crippen LogP contribution in [0.2, 0.25) is 0 Å². The van der Waals surface area contributed by atoms with Gasteiger partial charge in [-0.15, -0.1) is 0 Å². The van der Waals surface area contributed by atoms with Crippen molar-refractivity contribution in [2.75, 3.05) is 0 Å². The second kappa shape index (κ2) is 21.1. The van der Waals surface area contributed by atoms with Gasteiger partial charge in [0.2, 0.25) is 0 Å². The lowest BCUT2D eigenvalue weighted by Crippen LogP contribution is -1.99. The maximum Gasteiger partial charge on any atom is 0.187 e. The molecule has 0 saturated heterocycles. The van der Waals surface area contributed by atoms with Gasteiger partial charge in [0, 0.05) is 29.7 Å². The Morgan fingerprint density at radius 1 is 0.338 bits per heavy atom. The highest BCUT2D eigenvalue weighted by Gasteiger charge is 2.17. The maximum atomic E-state index is 7.45. The van der Waals surface area contributed by atoms with Crippen LogP contribution in [0, 0.1) is 13.1 Å². The van der Waals surface area contributed by atoms with E-state index in [1.54, 1.807) is 0 Å². The molecule has 5 nitrogen and oxygen atoms in total. The minimum atomic E-state index is 0.404. The number of aryl methyl sites for hydroxylation is 4. The molecule has 0 bridgehead atoms. The lowest BCUT2D eigenvalue weighted by Gasteiger charge is -2.18. The van der Waals surface area contributed by atoms with Gasteiger partial charge >= 0.3 is 0 Å². The van der Waals surface area contributed by atoms with Crippen LogP contribution >= 0.6 is 0 Å². The molecule has 71 heavy (non-hydrogen) atoms. The van der Waals surface area contributed by atoms with Gasteiger partial charge in [-0.05, 0) is 146 Å². The van der Waals surface area contributed by atoms with Crippen molar-refractivity contribution in [1.82, 2.24) is 15.0 Å². The zero-order valence-electron chi connectivity index (χ0n) is 39.9. The molecule has 0 amide bonds. The van der Waals surface area contributed by atoms with Gasteiger partial charge < -0.3 is 0 Å². The van der Waals surface area contributed by atoms with Crippen molar-refractivity contribution < 1.29 is 0 Å². The fourth-order valence-corrected chi connectivity index (χ4v) is 9.31. The van der Waals surface area contributed by atoms with Crippen LogP contribution in [0.1, 0.15) is 47.6 Å². The summed E-state index contributed by atoms with van der Waals surface area (Å²) in [5, 5.41) is 0. The van der Waals surface area contributed by atoms with E-state index in [-0.39, 0.29) is 0 Å². The molecule has 0 aliphatic rings. The quantitative estimate of drug-likeness (QED) is 0.102. The second-order valence-electron chi connectivity index (χ2n) is 18.4. The molecular weight excluding hydrogens is 863 g/mol. The third kappa shape index (κ3) is 10.7. The molecule has 0 atom stereocenters. The summed E-state index contributed by atoms with van der Waals surface area (Å²) < 4.78 is 0. The summed E-state index contributed by atoms with van der Waals surface area (Å²) in [5.41, 5.74) is 22.1. The van der Waals surface area contributed by atoms with E-state index in [4.69, 9.17) is 28.1 Å². The maximum absolute atomic E-state index is 7.45. The van der Waals surface area contributed by atoms with E-state index in [1.807, 2.05) is 60.9 Å². The van der Waals surface area contributed by atoms with E-state index in [9.17, 15) is 0 Å². The highest BCUT2D eigenvalue weighted by Crippen LogP contribution is 2.41. The Balaban J connectivity index is 1.02. The molecule has 0 fully saturated rings. The molecule has 10 rings (SSSR count). The molecule has 0 aliphatic carbocycles. The Kier molecular flexibility index (Phi) is 13.6. The molecule has 10 aromatic rings. The number of benzene rings is 7. The van der Waals surface area contributed by atoms with E-state index < -0.39 is 0 Å². The van der Waals surface area contributed by atoms with Crippen molar-refractivity contribution in [2.45, 2.75) is 45.4 Å². The SMILES string of the molecule is [C-]#[N+]c1cccc(-c2ccc(CCc3cc(CCc4ccc(-c5cccc([N+]#[C-])c5)nc4)cc(-c4ccccc4-c4cnc(-c5cccc(C(C)C)c5)cc4-c4ccc(-c5ccccc5)cc4)c3)cn2)c1. The highest BCUT2D eigenvalue weighted by molar-refractivity contribution is 5.93. The first kappa shape index (κ1) is 45.7. The fourth-order valence-electron chi connectivity index (χ4n) is 9.31. The number of aromatic nitrogens is 3. The molecule has 3 aromatic heterocycles. The van der Waals surface area contributed by atoms with Crippen molar-refractivity contribution in [3.05, 3.63) is 269 Å². The van der Waals surface area contributed by atoms with Crippen molar-refractivity contribution in [3.63, 3.8) is 0 Å². The van der Waals surface area contributed by atoms with Crippen molar-refractivity contribution in [2.24, 2.45) is 0 Å².